The van der Waals surface area contributed by atoms with Crippen LogP contribution in [-0.2, 0) is 4.79 Å². The molecule has 110 valence electrons. The van der Waals surface area contributed by atoms with Crippen molar-refractivity contribution in [2.45, 2.75) is 13.3 Å². The number of hydrogen-bond donors (Lipinski definition) is 2. The number of ketones is 1. The van der Waals surface area contributed by atoms with Crippen LogP contribution in [0, 0.1) is 5.92 Å². The summed E-state index contributed by atoms with van der Waals surface area (Å²) in [6.45, 7) is 2.61. The molecule has 0 aliphatic carbocycles. The molecule has 0 saturated carbocycles. The van der Waals surface area contributed by atoms with Crippen molar-refractivity contribution in [2.24, 2.45) is 5.92 Å². The summed E-state index contributed by atoms with van der Waals surface area (Å²) in [5.41, 5.74) is 0.615. The Morgan fingerprint density at radius 2 is 1.90 bits per heavy atom. The number of nitrogens with zero attached hydrogens (tertiary/aromatic N) is 1. The molecule has 0 aliphatic rings. The zero-order valence-electron chi connectivity index (χ0n) is 11.7. The van der Waals surface area contributed by atoms with Crippen LogP contribution in [0.2, 0.25) is 0 Å². The second kappa shape index (κ2) is 8.45. The Kier molecular flexibility index (Phi) is 6.90. The van der Waals surface area contributed by atoms with Gasteiger partial charge in [-0.15, -0.1) is 0 Å². The van der Waals surface area contributed by atoms with Gasteiger partial charge in [-0.05, 0) is 6.42 Å². The van der Waals surface area contributed by atoms with Gasteiger partial charge in [0.1, 0.15) is 0 Å². The fourth-order valence-corrected chi connectivity index (χ4v) is 1.91. The van der Waals surface area contributed by atoms with E-state index in [1.165, 1.54) is 0 Å². The number of carbonyl (C=O) groups is 2. The van der Waals surface area contributed by atoms with Gasteiger partial charge in [0.2, 0.25) is 0 Å². The van der Waals surface area contributed by atoms with Crippen LogP contribution in [0.1, 0.15) is 23.7 Å². The lowest BCUT2D eigenvalue weighted by Gasteiger charge is -2.23. The predicted octanol–water partition coefficient (Wildman–Crippen LogP) is 1.27. The first kappa shape index (κ1) is 16.3. The van der Waals surface area contributed by atoms with Gasteiger partial charge >= 0.3 is 5.97 Å². The van der Waals surface area contributed by atoms with E-state index < -0.39 is 11.9 Å². The molecule has 0 bridgehead atoms. The third-order valence-corrected chi connectivity index (χ3v) is 3.05. The van der Waals surface area contributed by atoms with Gasteiger partial charge in [0.25, 0.3) is 0 Å². The first-order valence-corrected chi connectivity index (χ1v) is 6.69. The van der Waals surface area contributed by atoms with Gasteiger partial charge in [-0.25, -0.2) is 0 Å². The minimum absolute atomic E-state index is 0.0253. The first-order chi connectivity index (χ1) is 9.54. The highest BCUT2D eigenvalue weighted by Crippen LogP contribution is 2.06. The summed E-state index contributed by atoms with van der Waals surface area (Å²) >= 11 is 0. The summed E-state index contributed by atoms with van der Waals surface area (Å²) in [7, 11) is 0. The molecule has 0 radical (unpaired) electrons. The molecule has 5 nitrogen and oxygen atoms in total. The number of benzene rings is 1. The molecule has 20 heavy (non-hydrogen) atoms. The van der Waals surface area contributed by atoms with E-state index in [1.807, 2.05) is 6.07 Å². The molecule has 5 heteroatoms. The van der Waals surface area contributed by atoms with Crippen molar-refractivity contribution in [2.75, 3.05) is 26.2 Å². The van der Waals surface area contributed by atoms with E-state index in [4.69, 9.17) is 10.2 Å². The van der Waals surface area contributed by atoms with E-state index in [0.717, 1.165) is 0 Å². The van der Waals surface area contributed by atoms with E-state index in [2.05, 4.69) is 0 Å². The van der Waals surface area contributed by atoms with Crippen LogP contribution in [0.15, 0.2) is 30.3 Å². The third-order valence-electron chi connectivity index (χ3n) is 3.05. The maximum Gasteiger partial charge on any atom is 0.307 e. The van der Waals surface area contributed by atoms with Gasteiger partial charge in [-0.3, -0.25) is 14.5 Å². The first-order valence-electron chi connectivity index (χ1n) is 6.69. The van der Waals surface area contributed by atoms with Crippen molar-refractivity contribution in [1.82, 2.24) is 4.90 Å². The Morgan fingerprint density at radius 3 is 2.45 bits per heavy atom. The van der Waals surface area contributed by atoms with E-state index in [0.29, 0.717) is 25.1 Å². The summed E-state index contributed by atoms with van der Waals surface area (Å²) in [6, 6.07) is 8.92. The normalized spacial score (nSPS) is 12.3. The van der Waals surface area contributed by atoms with Crippen molar-refractivity contribution in [3.63, 3.8) is 0 Å². The zero-order valence-corrected chi connectivity index (χ0v) is 11.7. The van der Waals surface area contributed by atoms with Gasteiger partial charge in [-0.1, -0.05) is 37.3 Å². The number of Topliss-reactive ketones (excluding diaryl/α,β-unsaturated/α-hetero) is 1. The van der Waals surface area contributed by atoms with Crippen molar-refractivity contribution >= 4 is 11.8 Å². The largest absolute Gasteiger partial charge is 0.481 e. The molecule has 0 saturated heterocycles. The average molecular weight is 279 g/mol. The number of carboxylic acids is 1. The van der Waals surface area contributed by atoms with Crippen LogP contribution < -0.4 is 0 Å². The van der Waals surface area contributed by atoms with Crippen molar-refractivity contribution < 1.29 is 19.8 Å². The molecular weight excluding hydrogens is 258 g/mol. The van der Waals surface area contributed by atoms with Gasteiger partial charge in [0.05, 0.1) is 12.5 Å². The van der Waals surface area contributed by atoms with Crippen molar-refractivity contribution in [1.29, 1.82) is 0 Å². The highest BCUT2D eigenvalue weighted by atomic mass is 16.4. The molecule has 2 N–H and O–H groups in total. The number of carbonyl (C=O) groups excluding carboxylic acids is 1. The molecule has 1 atom stereocenters. The highest BCUT2D eigenvalue weighted by molar-refractivity contribution is 5.97. The Bertz CT molecular complexity index is 433. The molecule has 1 rings (SSSR count). The van der Waals surface area contributed by atoms with Crippen LogP contribution in [-0.4, -0.2) is 53.1 Å². The van der Waals surface area contributed by atoms with E-state index in [-0.39, 0.29) is 18.9 Å². The Balaban J connectivity index is 2.64. The minimum Gasteiger partial charge on any atom is -0.481 e. The van der Waals surface area contributed by atoms with Crippen LogP contribution in [0.5, 0.6) is 0 Å². The molecule has 0 amide bonds. The molecule has 1 aromatic carbocycles. The molecule has 0 heterocycles. The second-order valence-electron chi connectivity index (χ2n) is 4.84. The van der Waals surface area contributed by atoms with E-state index >= 15 is 0 Å². The minimum atomic E-state index is -0.883. The number of carboxylic acid groups (broad SMARTS) is 1. The Morgan fingerprint density at radius 1 is 1.25 bits per heavy atom. The summed E-state index contributed by atoms with van der Waals surface area (Å²) in [6.07, 6.45) is 0.522. The molecular formula is C15H21NO4. The van der Waals surface area contributed by atoms with E-state index in [1.54, 1.807) is 36.1 Å². The standard InChI is InChI=1S/C15H21NO4/c1-12(15(19)20)10-16(8-5-9-17)11-14(18)13-6-3-2-4-7-13/h2-4,6-7,12,17H,5,8-11H2,1H3,(H,19,20). The van der Waals surface area contributed by atoms with Crippen molar-refractivity contribution in [3.8, 4) is 0 Å². The molecule has 1 aromatic rings. The quantitative estimate of drug-likeness (QED) is 0.666. The number of hydrogen-bond acceptors (Lipinski definition) is 4. The third kappa shape index (κ3) is 5.50. The van der Waals surface area contributed by atoms with Gasteiger partial charge in [0.15, 0.2) is 5.78 Å². The van der Waals surface area contributed by atoms with Crippen LogP contribution in [0.4, 0.5) is 0 Å². The fraction of sp³-hybridized carbons (Fsp3) is 0.467. The summed E-state index contributed by atoms with van der Waals surface area (Å²) in [5, 5.41) is 17.8. The second-order valence-corrected chi connectivity index (χ2v) is 4.84. The van der Waals surface area contributed by atoms with Gasteiger partial charge < -0.3 is 10.2 Å². The smallest absolute Gasteiger partial charge is 0.307 e. The summed E-state index contributed by atoms with van der Waals surface area (Å²) in [5.74, 6) is -1.47. The highest BCUT2D eigenvalue weighted by Gasteiger charge is 2.18. The lowest BCUT2D eigenvalue weighted by atomic mass is 10.1. The molecule has 0 fully saturated rings. The molecule has 1 unspecified atom stereocenters. The average Bonchev–Trinajstić information content (AvgIpc) is 2.45. The van der Waals surface area contributed by atoms with Gasteiger partial charge in [0, 0.05) is 25.3 Å². The SMILES string of the molecule is CC(CN(CCCO)CC(=O)c1ccccc1)C(=O)O. The topological polar surface area (TPSA) is 77.8 Å². The molecule has 0 spiro atoms. The fourth-order valence-electron chi connectivity index (χ4n) is 1.91. The number of aliphatic hydroxyl groups is 1. The Hall–Kier alpha value is -1.72. The lowest BCUT2D eigenvalue weighted by Crippen LogP contribution is -2.36. The number of rotatable bonds is 9. The maximum absolute atomic E-state index is 12.1. The van der Waals surface area contributed by atoms with E-state index in [9.17, 15) is 9.59 Å². The lowest BCUT2D eigenvalue weighted by molar-refractivity contribution is -0.141. The van der Waals surface area contributed by atoms with Crippen molar-refractivity contribution in [3.05, 3.63) is 35.9 Å². The predicted molar refractivity (Wildman–Crippen MR) is 75.7 cm³/mol. The van der Waals surface area contributed by atoms with Crippen LogP contribution in [0.25, 0.3) is 0 Å². The van der Waals surface area contributed by atoms with Gasteiger partial charge in [-0.2, -0.15) is 0 Å². The van der Waals surface area contributed by atoms with Crippen LogP contribution >= 0.6 is 0 Å². The molecule has 0 aliphatic heterocycles. The maximum atomic E-state index is 12.1. The molecule has 0 aromatic heterocycles. The summed E-state index contributed by atoms with van der Waals surface area (Å²) in [4.78, 5) is 24.8. The van der Waals surface area contributed by atoms with Crippen LogP contribution in [0.3, 0.4) is 0 Å². The summed E-state index contributed by atoms with van der Waals surface area (Å²) < 4.78 is 0. The number of aliphatic carboxylic acids is 1. The number of aliphatic hydroxyl groups excluding tert-OH is 1. The Labute approximate surface area is 118 Å². The monoisotopic (exact) mass is 279 g/mol. The zero-order chi connectivity index (χ0) is 15.0.